The van der Waals surface area contributed by atoms with E-state index in [0.29, 0.717) is 17.5 Å². The fourth-order valence-electron chi connectivity index (χ4n) is 2.45. The summed E-state index contributed by atoms with van der Waals surface area (Å²) in [7, 11) is 0. The van der Waals surface area contributed by atoms with Crippen molar-refractivity contribution in [1.82, 2.24) is 15.3 Å². The molecule has 0 bridgehead atoms. The molecule has 2 aromatic heterocycles. The molecule has 1 aromatic carbocycles. The molecule has 0 fully saturated rings. The average molecular weight is 373 g/mol. The van der Waals surface area contributed by atoms with Gasteiger partial charge in [-0.25, -0.2) is 9.97 Å². The number of hydrogen-bond acceptors (Lipinski definition) is 6. The van der Waals surface area contributed by atoms with E-state index in [2.05, 4.69) is 15.3 Å². The van der Waals surface area contributed by atoms with Gasteiger partial charge in [-0.05, 0) is 31.9 Å². The largest absolute Gasteiger partial charge is 0.383 e. The summed E-state index contributed by atoms with van der Waals surface area (Å²) in [5, 5.41) is 4.10. The number of amides is 1. The summed E-state index contributed by atoms with van der Waals surface area (Å²) in [5.74, 6) is 0.431. The first-order valence-corrected chi connectivity index (χ1v) is 9.67. The Balaban J connectivity index is 1.69. The zero-order valence-electron chi connectivity index (χ0n) is 14.4. The number of nitrogens with zero attached hydrogens (tertiary/aromatic N) is 2. The van der Waals surface area contributed by atoms with E-state index in [1.807, 2.05) is 51.1 Å². The third-order valence-corrected chi connectivity index (χ3v) is 6.06. The SMILES string of the molecule is Cc1sc2nc(SC(C)C(=O)NCc3ccccc3)nc(N)c2c1C. The number of thiophene rings is 1. The van der Waals surface area contributed by atoms with E-state index in [0.717, 1.165) is 21.3 Å². The Bertz CT molecular complexity index is 908. The van der Waals surface area contributed by atoms with Crippen LogP contribution in [-0.2, 0) is 11.3 Å². The lowest BCUT2D eigenvalue weighted by Crippen LogP contribution is -2.30. The Hall–Kier alpha value is -2.12. The predicted molar refractivity (Wildman–Crippen MR) is 105 cm³/mol. The summed E-state index contributed by atoms with van der Waals surface area (Å²) in [6.07, 6.45) is 0. The molecule has 2 heterocycles. The molecule has 0 aliphatic heterocycles. The normalized spacial score (nSPS) is 12.3. The lowest BCUT2D eigenvalue weighted by atomic mass is 10.2. The molecule has 130 valence electrons. The number of carbonyl (C=O) groups is 1. The van der Waals surface area contributed by atoms with E-state index in [1.54, 1.807) is 11.3 Å². The van der Waals surface area contributed by atoms with E-state index < -0.39 is 0 Å². The number of anilines is 1. The second-order valence-electron chi connectivity index (χ2n) is 5.82. The van der Waals surface area contributed by atoms with Crippen molar-refractivity contribution in [2.45, 2.75) is 37.7 Å². The molecule has 0 radical (unpaired) electrons. The van der Waals surface area contributed by atoms with E-state index >= 15 is 0 Å². The van der Waals surface area contributed by atoms with E-state index in [9.17, 15) is 4.79 Å². The van der Waals surface area contributed by atoms with Crippen molar-refractivity contribution < 1.29 is 4.79 Å². The highest BCUT2D eigenvalue weighted by Crippen LogP contribution is 2.34. The third kappa shape index (κ3) is 3.93. The first kappa shape index (κ1) is 17.7. The number of hydrogen-bond donors (Lipinski definition) is 2. The number of rotatable bonds is 5. The topological polar surface area (TPSA) is 80.9 Å². The fraction of sp³-hybridized carbons (Fsp3) is 0.278. The van der Waals surface area contributed by atoms with Gasteiger partial charge in [0.2, 0.25) is 5.91 Å². The summed E-state index contributed by atoms with van der Waals surface area (Å²) in [6.45, 7) is 6.43. The Morgan fingerprint density at radius 2 is 2.00 bits per heavy atom. The molecule has 0 aliphatic rings. The van der Waals surface area contributed by atoms with E-state index in [1.165, 1.54) is 16.6 Å². The van der Waals surface area contributed by atoms with Gasteiger partial charge in [0.1, 0.15) is 10.6 Å². The molecule has 3 N–H and O–H groups in total. The minimum Gasteiger partial charge on any atom is -0.383 e. The van der Waals surface area contributed by atoms with Crippen LogP contribution in [0.4, 0.5) is 5.82 Å². The van der Waals surface area contributed by atoms with Crippen LogP contribution in [0.3, 0.4) is 0 Å². The molecule has 0 saturated carbocycles. The molecular formula is C18H20N4OS2. The van der Waals surface area contributed by atoms with Crippen molar-refractivity contribution >= 4 is 45.0 Å². The van der Waals surface area contributed by atoms with Crippen LogP contribution in [0.15, 0.2) is 35.5 Å². The van der Waals surface area contributed by atoms with Crippen LogP contribution in [0.1, 0.15) is 22.9 Å². The van der Waals surface area contributed by atoms with Gasteiger partial charge in [-0.3, -0.25) is 4.79 Å². The molecule has 1 unspecified atom stereocenters. The van der Waals surface area contributed by atoms with Gasteiger partial charge in [0.25, 0.3) is 0 Å². The van der Waals surface area contributed by atoms with Crippen molar-refractivity contribution in [3.8, 4) is 0 Å². The lowest BCUT2D eigenvalue weighted by molar-refractivity contribution is -0.120. The van der Waals surface area contributed by atoms with Gasteiger partial charge < -0.3 is 11.1 Å². The van der Waals surface area contributed by atoms with Crippen LogP contribution in [0, 0.1) is 13.8 Å². The van der Waals surface area contributed by atoms with Gasteiger partial charge in [-0.1, -0.05) is 42.1 Å². The number of benzene rings is 1. The molecule has 0 aliphatic carbocycles. The molecule has 25 heavy (non-hydrogen) atoms. The maximum Gasteiger partial charge on any atom is 0.233 e. The first-order valence-electron chi connectivity index (χ1n) is 7.97. The average Bonchev–Trinajstić information content (AvgIpc) is 2.88. The minimum atomic E-state index is -0.303. The molecule has 1 atom stereocenters. The molecule has 1 amide bonds. The number of nitrogens with two attached hydrogens (primary N) is 1. The summed E-state index contributed by atoms with van der Waals surface area (Å²) in [4.78, 5) is 23.3. The summed E-state index contributed by atoms with van der Waals surface area (Å²) in [5.41, 5.74) is 8.30. The van der Waals surface area contributed by atoms with Crippen LogP contribution < -0.4 is 11.1 Å². The van der Waals surface area contributed by atoms with Crippen molar-refractivity contribution in [3.63, 3.8) is 0 Å². The fourth-order valence-corrected chi connectivity index (χ4v) is 4.35. The minimum absolute atomic E-state index is 0.0466. The number of fused-ring (bicyclic) bond motifs is 1. The number of aryl methyl sites for hydroxylation is 2. The number of nitrogens with one attached hydrogen (secondary N) is 1. The lowest BCUT2D eigenvalue weighted by Gasteiger charge is -2.11. The quantitative estimate of drug-likeness (QED) is 0.527. The van der Waals surface area contributed by atoms with Crippen molar-refractivity contribution in [3.05, 3.63) is 46.3 Å². The highest BCUT2D eigenvalue weighted by molar-refractivity contribution is 8.00. The molecule has 3 aromatic rings. The van der Waals surface area contributed by atoms with Gasteiger partial charge in [0.05, 0.1) is 10.6 Å². The molecule has 3 rings (SSSR count). The highest BCUT2D eigenvalue weighted by atomic mass is 32.2. The van der Waals surface area contributed by atoms with Gasteiger partial charge in [-0.2, -0.15) is 0 Å². The summed E-state index contributed by atoms with van der Waals surface area (Å²) < 4.78 is 0. The maximum absolute atomic E-state index is 12.3. The zero-order chi connectivity index (χ0) is 18.0. The monoisotopic (exact) mass is 372 g/mol. The van der Waals surface area contributed by atoms with Crippen LogP contribution in [0.2, 0.25) is 0 Å². The number of thioether (sulfide) groups is 1. The van der Waals surface area contributed by atoms with Crippen LogP contribution >= 0.6 is 23.1 Å². The van der Waals surface area contributed by atoms with Crippen LogP contribution in [0.5, 0.6) is 0 Å². The van der Waals surface area contributed by atoms with Gasteiger partial charge in [0, 0.05) is 11.4 Å². The first-order chi connectivity index (χ1) is 12.0. The van der Waals surface area contributed by atoms with Crippen molar-refractivity contribution in [1.29, 1.82) is 0 Å². The molecule has 0 saturated heterocycles. The second-order valence-corrected chi connectivity index (χ2v) is 8.33. The van der Waals surface area contributed by atoms with E-state index in [-0.39, 0.29) is 11.2 Å². The van der Waals surface area contributed by atoms with Gasteiger partial charge in [0.15, 0.2) is 5.16 Å². The predicted octanol–water partition coefficient (Wildman–Crippen LogP) is 3.69. The van der Waals surface area contributed by atoms with Crippen LogP contribution in [0.25, 0.3) is 10.2 Å². The maximum atomic E-state index is 12.3. The molecule has 0 spiro atoms. The van der Waals surface area contributed by atoms with Crippen LogP contribution in [-0.4, -0.2) is 21.1 Å². The van der Waals surface area contributed by atoms with Crippen molar-refractivity contribution in [2.24, 2.45) is 0 Å². The highest BCUT2D eigenvalue weighted by Gasteiger charge is 2.18. The summed E-state index contributed by atoms with van der Waals surface area (Å²) >= 11 is 2.93. The third-order valence-electron chi connectivity index (χ3n) is 4.00. The Kier molecular flexibility index (Phi) is 5.24. The van der Waals surface area contributed by atoms with Gasteiger partial charge >= 0.3 is 0 Å². The molecular weight excluding hydrogens is 352 g/mol. The van der Waals surface area contributed by atoms with E-state index in [4.69, 9.17) is 5.73 Å². The molecule has 7 heteroatoms. The Morgan fingerprint density at radius 1 is 1.28 bits per heavy atom. The number of carbonyl (C=O) groups excluding carboxylic acids is 1. The smallest absolute Gasteiger partial charge is 0.233 e. The molecule has 5 nitrogen and oxygen atoms in total. The Morgan fingerprint density at radius 3 is 2.72 bits per heavy atom. The number of aromatic nitrogens is 2. The van der Waals surface area contributed by atoms with Crippen molar-refractivity contribution in [2.75, 3.05) is 5.73 Å². The zero-order valence-corrected chi connectivity index (χ0v) is 16.0. The second kappa shape index (κ2) is 7.41. The Labute approximate surface area is 155 Å². The standard InChI is InChI=1S/C18H20N4OS2/c1-10-11(2)24-17-14(10)15(19)21-18(22-17)25-12(3)16(23)20-9-13-7-5-4-6-8-13/h4-8,12H,9H2,1-3H3,(H,20,23)(H2,19,21,22). The summed E-state index contributed by atoms with van der Waals surface area (Å²) in [6, 6.07) is 9.83. The van der Waals surface area contributed by atoms with Gasteiger partial charge in [-0.15, -0.1) is 11.3 Å². The number of nitrogen functional groups attached to an aromatic ring is 1.